The topological polar surface area (TPSA) is 25.8 Å². The molecule has 4 aliphatic carbocycles. The first-order valence-corrected chi connectivity index (χ1v) is 11.2. The molecule has 4 bridgehead atoms. The lowest BCUT2D eigenvalue weighted by Gasteiger charge is -2.57. The van der Waals surface area contributed by atoms with E-state index in [1.165, 1.54) is 61.8 Å². The molecule has 7 rings (SSSR count). The normalized spacial score (nSPS) is 29.6. The minimum atomic E-state index is -4.34. The van der Waals surface area contributed by atoms with Crippen LogP contribution in [-0.4, -0.2) is 9.97 Å². The van der Waals surface area contributed by atoms with Crippen LogP contribution in [0, 0.1) is 24.7 Å². The average molecular weight is 422 g/mol. The standard InChI is InChI=1S/C26H25F3N2/c1-15-6-20-14-30-24(19-2-4-21(5-3-19)26(27,28)29)31-23(20)10-22(15)25-11-16-7-17(12-25)9-18(8-16)13-25/h2-6,10,14,16-18H,7-9,11-13H2,1H3. The summed E-state index contributed by atoms with van der Waals surface area (Å²) in [5.74, 6) is 3.08. The molecule has 0 spiro atoms. The van der Waals surface area contributed by atoms with Crippen molar-refractivity contribution in [2.45, 2.75) is 57.0 Å². The summed E-state index contributed by atoms with van der Waals surface area (Å²) in [5, 5.41) is 0.988. The minimum Gasteiger partial charge on any atom is -0.236 e. The van der Waals surface area contributed by atoms with E-state index in [-0.39, 0.29) is 5.41 Å². The summed E-state index contributed by atoms with van der Waals surface area (Å²) >= 11 is 0. The maximum absolute atomic E-state index is 12.9. The number of hydrogen-bond acceptors (Lipinski definition) is 2. The van der Waals surface area contributed by atoms with Crippen molar-refractivity contribution in [2.24, 2.45) is 17.8 Å². The zero-order valence-corrected chi connectivity index (χ0v) is 17.5. The molecule has 0 aliphatic heterocycles. The van der Waals surface area contributed by atoms with Crippen LogP contribution in [0.3, 0.4) is 0 Å². The lowest BCUT2D eigenvalue weighted by molar-refractivity contribution is -0.137. The van der Waals surface area contributed by atoms with Crippen LogP contribution in [0.1, 0.15) is 55.2 Å². The van der Waals surface area contributed by atoms with Crippen molar-refractivity contribution >= 4 is 10.9 Å². The van der Waals surface area contributed by atoms with Gasteiger partial charge in [0.1, 0.15) is 0 Å². The van der Waals surface area contributed by atoms with Crippen LogP contribution >= 0.6 is 0 Å². The van der Waals surface area contributed by atoms with Crippen molar-refractivity contribution in [1.29, 1.82) is 0 Å². The third kappa shape index (κ3) is 3.16. The molecule has 0 saturated heterocycles. The van der Waals surface area contributed by atoms with E-state index in [1.54, 1.807) is 6.20 Å². The van der Waals surface area contributed by atoms with Gasteiger partial charge in [-0.05, 0) is 104 Å². The van der Waals surface area contributed by atoms with E-state index < -0.39 is 11.7 Å². The lowest BCUT2D eigenvalue weighted by Crippen LogP contribution is -2.48. The van der Waals surface area contributed by atoms with Gasteiger partial charge in [0, 0.05) is 17.1 Å². The van der Waals surface area contributed by atoms with E-state index in [2.05, 4.69) is 24.0 Å². The minimum absolute atomic E-state index is 0.284. The molecule has 1 heterocycles. The molecular weight excluding hydrogens is 397 g/mol. The predicted octanol–water partition coefficient (Wildman–Crippen LogP) is 7.09. The van der Waals surface area contributed by atoms with E-state index in [1.807, 2.05) is 0 Å². The van der Waals surface area contributed by atoms with E-state index in [0.717, 1.165) is 40.8 Å². The SMILES string of the molecule is Cc1cc2cnc(-c3ccc(C(F)(F)F)cc3)nc2cc1C12CC3CC(CC(C3)C1)C2. The number of halogens is 3. The molecule has 0 unspecified atom stereocenters. The largest absolute Gasteiger partial charge is 0.416 e. The highest BCUT2D eigenvalue weighted by atomic mass is 19.4. The van der Waals surface area contributed by atoms with Crippen LogP contribution in [0.5, 0.6) is 0 Å². The zero-order chi connectivity index (χ0) is 21.4. The van der Waals surface area contributed by atoms with Gasteiger partial charge in [-0.25, -0.2) is 9.97 Å². The third-order valence-corrected chi connectivity index (χ3v) is 8.01. The van der Waals surface area contributed by atoms with Crippen LogP contribution < -0.4 is 0 Å². The first-order chi connectivity index (χ1) is 14.8. The Morgan fingerprint density at radius 2 is 1.52 bits per heavy atom. The molecule has 4 fully saturated rings. The Morgan fingerprint density at radius 3 is 2.10 bits per heavy atom. The average Bonchev–Trinajstić information content (AvgIpc) is 2.71. The number of nitrogens with zero attached hydrogens (tertiary/aromatic N) is 2. The first kappa shape index (κ1) is 19.3. The molecule has 4 saturated carbocycles. The number of alkyl halides is 3. The summed E-state index contributed by atoms with van der Waals surface area (Å²) in [5.41, 5.74) is 3.88. The maximum Gasteiger partial charge on any atom is 0.416 e. The van der Waals surface area contributed by atoms with Gasteiger partial charge in [0.15, 0.2) is 5.82 Å². The van der Waals surface area contributed by atoms with Crippen molar-refractivity contribution in [3.63, 3.8) is 0 Å². The predicted molar refractivity (Wildman–Crippen MR) is 115 cm³/mol. The van der Waals surface area contributed by atoms with Crippen LogP contribution in [-0.2, 0) is 11.6 Å². The van der Waals surface area contributed by atoms with Crippen LogP contribution in [0.25, 0.3) is 22.3 Å². The highest BCUT2D eigenvalue weighted by Gasteiger charge is 2.52. The Bertz CT molecular complexity index is 1130. The van der Waals surface area contributed by atoms with Gasteiger partial charge < -0.3 is 0 Å². The quantitative estimate of drug-likeness (QED) is 0.440. The smallest absolute Gasteiger partial charge is 0.236 e. The number of rotatable bonds is 2. The van der Waals surface area contributed by atoms with Gasteiger partial charge in [0.25, 0.3) is 0 Å². The van der Waals surface area contributed by atoms with Crippen LogP contribution in [0.15, 0.2) is 42.6 Å². The summed E-state index contributed by atoms with van der Waals surface area (Å²) in [7, 11) is 0. The molecule has 0 N–H and O–H groups in total. The lowest BCUT2D eigenvalue weighted by atomic mass is 9.47. The zero-order valence-electron chi connectivity index (χ0n) is 17.5. The molecule has 160 valence electrons. The molecule has 31 heavy (non-hydrogen) atoms. The van der Waals surface area contributed by atoms with Crippen LogP contribution in [0.2, 0.25) is 0 Å². The molecule has 4 aliphatic rings. The summed E-state index contributed by atoms with van der Waals surface area (Å²) in [4.78, 5) is 9.21. The Kier molecular flexibility index (Phi) is 4.06. The second kappa shape index (κ2) is 6.54. The Balaban J connectivity index is 1.41. The van der Waals surface area contributed by atoms with E-state index in [4.69, 9.17) is 4.98 Å². The number of aryl methyl sites for hydroxylation is 1. The molecular formula is C26H25F3N2. The van der Waals surface area contributed by atoms with Crippen molar-refractivity contribution < 1.29 is 13.2 Å². The summed E-state index contributed by atoms with van der Waals surface area (Å²) in [6.45, 7) is 2.21. The van der Waals surface area contributed by atoms with Gasteiger partial charge in [-0.1, -0.05) is 12.1 Å². The van der Waals surface area contributed by atoms with Gasteiger partial charge in [0.05, 0.1) is 11.1 Å². The molecule has 2 aromatic carbocycles. The van der Waals surface area contributed by atoms with Gasteiger partial charge in [0.2, 0.25) is 0 Å². The molecule has 2 nitrogen and oxygen atoms in total. The molecule has 0 amide bonds. The van der Waals surface area contributed by atoms with E-state index >= 15 is 0 Å². The van der Waals surface area contributed by atoms with Crippen molar-refractivity contribution in [3.05, 3.63) is 59.3 Å². The second-order valence-corrected chi connectivity index (χ2v) is 10.2. The molecule has 1 aromatic heterocycles. The monoisotopic (exact) mass is 422 g/mol. The summed E-state index contributed by atoms with van der Waals surface area (Å²) < 4.78 is 38.7. The Hall–Kier alpha value is -2.43. The van der Waals surface area contributed by atoms with Crippen molar-refractivity contribution in [3.8, 4) is 11.4 Å². The third-order valence-electron chi connectivity index (χ3n) is 8.01. The fourth-order valence-electron chi connectivity index (χ4n) is 7.15. The first-order valence-electron chi connectivity index (χ1n) is 11.2. The van der Waals surface area contributed by atoms with Gasteiger partial charge in [-0.15, -0.1) is 0 Å². The molecule has 0 radical (unpaired) electrons. The fourth-order valence-corrected chi connectivity index (χ4v) is 7.15. The number of fused-ring (bicyclic) bond motifs is 1. The summed E-state index contributed by atoms with van der Waals surface area (Å²) in [6.07, 6.45) is 5.57. The highest BCUT2D eigenvalue weighted by Crippen LogP contribution is 2.61. The molecule has 0 atom stereocenters. The van der Waals surface area contributed by atoms with E-state index in [9.17, 15) is 13.2 Å². The maximum atomic E-state index is 12.9. The highest BCUT2D eigenvalue weighted by molar-refractivity contribution is 5.81. The van der Waals surface area contributed by atoms with Gasteiger partial charge >= 0.3 is 6.18 Å². The number of aromatic nitrogens is 2. The fraction of sp³-hybridized carbons (Fsp3) is 0.462. The Morgan fingerprint density at radius 1 is 0.903 bits per heavy atom. The van der Waals surface area contributed by atoms with Gasteiger partial charge in [-0.2, -0.15) is 13.2 Å². The summed E-state index contributed by atoms with van der Waals surface area (Å²) in [6, 6.07) is 9.56. The second-order valence-electron chi connectivity index (χ2n) is 10.2. The number of hydrogen-bond donors (Lipinski definition) is 0. The van der Waals surface area contributed by atoms with Crippen molar-refractivity contribution in [1.82, 2.24) is 9.97 Å². The Labute approximate surface area is 179 Å². The van der Waals surface area contributed by atoms with Crippen LogP contribution in [0.4, 0.5) is 13.2 Å². The molecule has 5 heteroatoms. The van der Waals surface area contributed by atoms with Crippen molar-refractivity contribution in [2.75, 3.05) is 0 Å². The van der Waals surface area contributed by atoms with Gasteiger partial charge in [-0.3, -0.25) is 0 Å². The molecule has 3 aromatic rings. The number of benzene rings is 2. The van der Waals surface area contributed by atoms with E-state index in [0.29, 0.717) is 11.4 Å².